The summed E-state index contributed by atoms with van der Waals surface area (Å²) in [5.74, 6) is 0.150. The molecular formula is C21H22ClF3N2O5S. The number of sulfone groups is 1. The smallest absolute Gasteiger partial charge is 0.406 e. The number of alkyl halides is 3. The fourth-order valence-electron chi connectivity index (χ4n) is 3.70. The molecule has 0 aliphatic heterocycles. The number of benzene rings is 2. The quantitative estimate of drug-likeness (QED) is 0.460. The SMILES string of the molecule is CCOc1cc([C@@H](CS(C)(=O)=O)n2c(=O)n(CC(F)(F)F)c3c(Cl)cccc32)ccc1OC. The standard InChI is InChI=1S/C21H22ClF3N2O5S/c1-4-32-18-10-13(8-9-17(18)31-2)16(11-33(3,29)30)27-15-7-5-6-14(22)19(15)26(20(27)28)12-21(23,24)25/h5-10,16H,4,11-12H2,1-3H3/t16-/m1/s1. The van der Waals surface area contributed by atoms with Gasteiger partial charge in [0.15, 0.2) is 11.5 Å². The third-order valence-electron chi connectivity index (χ3n) is 4.91. The van der Waals surface area contributed by atoms with Crippen LogP contribution in [0.2, 0.25) is 5.02 Å². The van der Waals surface area contributed by atoms with E-state index < -0.39 is 40.0 Å². The topological polar surface area (TPSA) is 79.5 Å². The largest absolute Gasteiger partial charge is 0.493 e. The van der Waals surface area contributed by atoms with Crippen LogP contribution in [0.15, 0.2) is 41.2 Å². The fraction of sp³-hybridized carbons (Fsp3) is 0.381. The Morgan fingerprint density at radius 1 is 1.15 bits per heavy atom. The van der Waals surface area contributed by atoms with E-state index in [0.717, 1.165) is 10.8 Å². The normalized spacial score (nSPS) is 13.3. The summed E-state index contributed by atoms with van der Waals surface area (Å²) in [5.41, 5.74) is -0.728. The average Bonchev–Trinajstić information content (AvgIpc) is 2.97. The Kier molecular flexibility index (Phi) is 7.04. The van der Waals surface area contributed by atoms with Crippen LogP contribution >= 0.6 is 11.6 Å². The third-order valence-corrected chi connectivity index (χ3v) is 6.14. The van der Waals surface area contributed by atoms with Crippen LogP contribution in [-0.4, -0.2) is 49.5 Å². The van der Waals surface area contributed by atoms with Gasteiger partial charge in [0.2, 0.25) is 0 Å². The van der Waals surface area contributed by atoms with E-state index in [9.17, 15) is 26.4 Å². The Hall–Kier alpha value is -2.66. The maximum atomic E-state index is 13.3. The highest BCUT2D eigenvalue weighted by atomic mass is 35.5. The number of ether oxygens (including phenoxy) is 2. The molecule has 0 N–H and O–H groups in total. The molecule has 0 bridgehead atoms. The highest BCUT2D eigenvalue weighted by Crippen LogP contribution is 2.34. The number of methoxy groups -OCH3 is 1. The second-order valence-electron chi connectivity index (χ2n) is 7.41. The van der Waals surface area contributed by atoms with Crippen molar-refractivity contribution in [1.82, 2.24) is 9.13 Å². The van der Waals surface area contributed by atoms with Crippen LogP contribution in [0.5, 0.6) is 11.5 Å². The minimum absolute atomic E-state index is 0.0598. The maximum Gasteiger partial charge on any atom is 0.406 e. The van der Waals surface area contributed by atoms with Gasteiger partial charge in [0.05, 0.1) is 41.6 Å². The van der Waals surface area contributed by atoms with E-state index in [1.807, 2.05) is 0 Å². The molecule has 7 nitrogen and oxygen atoms in total. The first-order chi connectivity index (χ1) is 15.4. The summed E-state index contributed by atoms with van der Waals surface area (Å²) >= 11 is 6.17. The zero-order valence-corrected chi connectivity index (χ0v) is 19.6. The van der Waals surface area contributed by atoms with Crippen LogP contribution in [0.3, 0.4) is 0 Å². The summed E-state index contributed by atoms with van der Waals surface area (Å²) < 4.78 is 76.7. The number of imidazole rings is 1. The van der Waals surface area contributed by atoms with E-state index in [1.54, 1.807) is 19.1 Å². The van der Waals surface area contributed by atoms with Gasteiger partial charge < -0.3 is 9.47 Å². The van der Waals surface area contributed by atoms with E-state index in [2.05, 4.69) is 0 Å². The van der Waals surface area contributed by atoms with Crippen molar-refractivity contribution in [1.29, 1.82) is 0 Å². The highest BCUT2D eigenvalue weighted by molar-refractivity contribution is 7.90. The van der Waals surface area contributed by atoms with Crippen LogP contribution in [0.4, 0.5) is 13.2 Å². The van der Waals surface area contributed by atoms with Crippen molar-refractivity contribution >= 4 is 32.5 Å². The Morgan fingerprint density at radius 2 is 1.85 bits per heavy atom. The molecule has 2 aromatic carbocycles. The number of fused-ring (bicyclic) bond motifs is 1. The van der Waals surface area contributed by atoms with Crippen molar-refractivity contribution in [2.24, 2.45) is 0 Å². The summed E-state index contributed by atoms with van der Waals surface area (Å²) in [4.78, 5) is 13.3. The molecule has 0 radical (unpaired) electrons. The molecule has 0 fully saturated rings. The van der Waals surface area contributed by atoms with Crippen molar-refractivity contribution in [3.63, 3.8) is 0 Å². The fourth-order valence-corrected chi connectivity index (χ4v) is 4.88. The Balaban J connectivity index is 2.35. The zero-order chi connectivity index (χ0) is 24.6. The summed E-state index contributed by atoms with van der Waals surface area (Å²) in [6.07, 6.45) is -3.71. The lowest BCUT2D eigenvalue weighted by atomic mass is 10.1. The van der Waals surface area contributed by atoms with E-state index in [-0.39, 0.29) is 22.7 Å². The van der Waals surface area contributed by atoms with E-state index >= 15 is 0 Å². The average molecular weight is 507 g/mol. The molecule has 3 rings (SSSR count). The monoisotopic (exact) mass is 506 g/mol. The van der Waals surface area contributed by atoms with Gasteiger partial charge in [0, 0.05) is 6.26 Å². The van der Waals surface area contributed by atoms with Crippen molar-refractivity contribution in [3.8, 4) is 11.5 Å². The maximum absolute atomic E-state index is 13.3. The molecule has 0 amide bonds. The Bertz CT molecular complexity index is 1330. The molecule has 1 heterocycles. The first kappa shape index (κ1) is 25.0. The van der Waals surface area contributed by atoms with Gasteiger partial charge in [-0.05, 0) is 36.8 Å². The predicted octanol–water partition coefficient (Wildman–Crippen LogP) is 4.06. The molecule has 0 saturated heterocycles. The summed E-state index contributed by atoms with van der Waals surface area (Å²) in [5, 5.41) is -0.0598. The number of nitrogens with zero attached hydrogens (tertiary/aromatic N) is 2. The minimum Gasteiger partial charge on any atom is -0.493 e. The minimum atomic E-state index is -4.70. The van der Waals surface area contributed by atoms with Gasteiger partial charge in [0.1, 0.15) is 16.4 Å². The van der Waals surface area contributed by atoms with Gasteiger partial charge >= 0.3 is 11.9 Å². The molecule has 0 spiro atoms. The Labute approximate surface area is 193 Å². The number of rotatable bonds is 8. The molecule has 0 saturated carbocycles. The molecule has 0 aliphatic carbocycles. The highest BCUT2D eigenvalue weighted by Gasteiger charge is 2.33. The molecular weight excluding hydrogens is 485 g/mol. The van der Waals surface area contributed by atoms with E-state index in [0.29, 0.717) is 21.6 Å². The van der Waals surface area contributed by atoms with Gasteiger partial charge in [-0.2, -0.15) is 13.2 Å². The van der Waals surface area contributed by atoms with Gasteiger partial charge in [-0.25, -0.2) is 13.2 Å². The zero-order valence-electron chi connectivity index (χ0n) is 18.0. The van der Waals surface area contributed by atoms with Gasteiger partial charge in [-0.3, -0.25) is 9.13 Å². The molecule has 33 heavy (non-hydrogen) atoms. The second-order valence-corrected chi connectivity index (χ2v) is 10.0. The van der Waals surface area contributed by atoms with Crippen LogP contribution < -0.4 is 15.2 Å². The number of hydrogen-bond donors (Lipinski definition) is 0. The Morgan fingerprint density at radius 3 is 2.42 bits per heavy atom. The van der Waals surface area contributed by atoms with Crippen LogP contribution in [0.1, 0.15) is 18.5 Å². The summed E-state index contributed by atoms with van der Waals surface area (Å²) in [7, 11) is -2.24. The first-order valence-corrected chi connectivity index (χ1v) is 12.2. The van der Waals surface area contributed by atoms with E-state index in [1.165, 1.54) is 31.4 Å². The predicted molar refractivity (Wildman–Crippen MR) is 119 cm³/mol. The third kappa shape index (κ3) is 5.47. The van der Waals surface area contributed by atoms with Gasteiger partial charge in [-0.15, -0.1) is 0 Å². The van der Waals surface area contributed by atoms with Crippen molar-refractivity contribution in [3.05, 3.63) is 57.5 Å². The van der Waals surface area contributed by atoms with Gasteiger partial charge in [-0.1, -0.05) is 23.7 Å². The number of hydrogen-bond acceptors (Lipinski definition) is 5. The molecule has 1 atom stereocenters. The van der Waals surface area contributed by atoms with E-state index in [4.69, 9.17) is 21.1 Å². The number of aromatic nitrogens is 2. The lowest BCUT2D eigenvalue weighted by Crippen LogP contribution is -2.34. The van der Waals surface area contributed by atoms with Crippen LogP contribution in [0, 0.1) is 0 Å². The molecule has 0 unspecified atom stereocenters. The molecule has 180 valence electrons. The number of halogens is 4. The lowest BCUT2D eigenvalue weighted by Gasteiger charge is -2.20. The van der Waals surface area contributed by atoms with Crippen LogP contribution in [-0.2, 0) is 16.4 Å². The van der Waals surface area contributed by atoms with Crippen molar-refractivity contribution in [2.45, 2.75) is 25.7 Å². The second kappa shape index (κ2) is 9.30. The molecule has 3 aromatic rings. The summed E-state index contributed by atoms with van der Waals surface area (Å²) in [6, 6.07) is 7.74. The van der Waals surface area contributed by atoms with Gasteiger partial charge in [0.25, 0.3) is 0 Å². The number of para-hydroxylation sites is 1. The lowest BCUT2D eigenvalue weighted by molar-refractivity contribution is -0.140. The van der Waals surface area contributed by atoms with Crippen molar-refractivity contribution in [2.75, 3.05) is 25.7 Å². The molecule has 1 aromatic heterocycles. The summed E-state index contributed by atoms with van der Waals surface area (Å²) in [6.45, 7) is 0.464. The van der Waals surface area contributed by atoms with Crippen LogP contribution in [0.25, 0.3) is 11.0 Å². The van der Waals surface area contributed by atoms with Crippen molar-refractivity contribution < 1.29 is 31.1 Å². The molecule has 12 heteroatoms. The first-order valence-electron chi connectivity index (χ1n) is 9.80. The molecule has 0 aliphatic rings.